The zero-order chi connectivity index (χ0) is 30.0. The van der Waals surface area contributed by atoms with Gasteiger partial charge in [0.2, 0.25) is 5.92 Å². The number of piperidine rings is 1. The summed E-state index contributed by atoms with van der Waals surface area (Å²) in [6.07, 6.45) is 7.87. The number of alkyl halides is 2. The zero-order valence-corrected chi connectivity index (χ0v) is 25.3. The Morgan fingerprint density at radius 3 is 2.70 bits per heavy atom. The summed E-state index contributed by atoms with van der Waals surface area (Å²) >= 11 is 0. The number of halogens is 2. The largest absolute Gasteiger partial charge is 0.492 e. The maximum absolute atomic E-state index is 14.3. The molecule has 1 N–H and O–H groups in total. The molecule has 0 spiro atoms. The van der Waals surface area contributed by atoms with E-state index in [1.807, 2.05) is 37.4 Å². The molecule has 2 aliphatic heterocycles. The monoisotopic (exact) mass is 589 g/mol. The van der Waals surface area contributed by atoms with Gasteiger partial charge in [-0.1, -0.05) is 38.5 Å². The van der Waals surface area contributed by atoms with Crippen LogP contribution in [0, 0.1) is 5.92 Å². The molecule has 3 heterocycles. The van der Waals surface area contributed by atoms with Crippen molar-refractivity contribution < 1.29 is 18.3 Å². The minimum atomic E-state index is -2.73. The number of nitrogens with one attached hydrogen (secondary N) is 1. The number of aromatic nitrogens is 3. The number of nitrogens with zero attached hydrogens (tertiary/aromatic N) is 4. The fraction of sp³-hybridized carbons (Fsp3) is 0.559. The lowest BCUT2D eigenvalue weighted by molar-refractivity contribution is -0.127. The zero-order valence-electron chi connectivity index (χ0n) is 25.3. The van der Waals surface area contributed by atoms with Crippen LogP contribution in [0.15, 0.2) is 42.7 Å². The van der Waals surface area contributed by atoms with Crippen molar-refractivity contribution in [2.45, 2.75) is 94.6 Å². The molecule has 4 aliphatic rings. The highest BCUT2D eigenvalue weighted by molar-refractivity contribution is 6.07. The van der Waals surface area contributed by atoms with Gasteiger partial charge in [0, 0.05) is 61.0 Å². The molecule has 7 nitrogen and oxygen atoms in total. The van der Waals surface area contributed by atoms with Crippen LogP contribution in [-0.4, -0.2) is 50.7 Å². The quantitative estimate of drug-likeness (QED) is 0.345. The topological polar surface area (TPSA) is 72.3 Å². The van der Waals surface area contributed by atoms with Gasteiger partial charge in [-0.05, 0) is 67.5 Å². The number of rotatable bonds is 7. The molecule has 1 saturated heterocycles. The summed E-state index contributed by atoms with van der Waals surface area (Å²) < 4.78 is 36.6. The lowest BCUT2D eigenvalue weighted by Gasteiger charge is -2.47. The van der Waals surface area contributed by atoms with Crippen LogP contribution >= 0.6 is 0 Å². The van der Waals surface area contributed by atoms with Crippen molar-refractivity contribution in [3.63, 3.8) is 0 Å². The first-order chi connectivity index (χ1) is 20.5. The summed E-state index contributed by atoms with van der Waals surface area (Å²) in [4.78, 5) is 16.5. The lowest BCUT2D eigenvalue weighted by atomic mass is 9.60. The number of amides is 1. The van der Waals surface area contributed by atoms with Gasteiger partial charge >= 0.3 is 0 Å². The number of benzene rings is 2. The number of ether oxygens (including phenoxy) is 1. The van der Waals surface area contributed by atoms with E-state index in [9.17, 15) is 13.6 Å². The summed E-state index contributed by atoms with van der Waals surface area (Å²) in [6.45, 7) is 6.77. The van der Waals surface area contributed by atoms with E-state index in [1.165, 1.54) is 32.1 Å². The summed E-state index contributed by atoms with van der Waals surface area (Å²) in [5.41, 5.74) is 3.13. The molecule has 0 radical (unpaired) electrons. The second kappa shape index (κ2) is 10.4. The molecular formula is C34H41F2N5O2. The minimum Gasteiger partial charge on any atom is -0.492 e. The smallest absolute Gasteiger partial charge is 0.259 e. The van der Waals surface area contributed by atoms with Crippen molar-refractivity contribution in [1.29, 1.82) is 0 Å². The molecule has 9 heteroatoms. The molecule has 2 saturated carbocycles. The van der Waals surface area contributed by atoms with Crippen molar-refractivity contribution in [1.82, 2.24) is 19.7 Å². The molecule has 0 unspecified atom stereocenters. The summed E-state index contributed by atoms with van der Waals surface area (Å²) in [7, 11) is 1.82. The highest BCUT2D eigenvalue weighted by Gasteiger charge is 2.57. The Morgan fingerprint density at radius 2 is 1.93 bits per heavy atom. The van der Waals surface area contributed by atoms with Crippen LogP contribution in [0.25, 0.3) is 0 Å². The van der Waals surface area contributed by atoms with Crippen molar-refractivity contribution in [2.75, 3.05) is 18.5 Å². The second-order valence-corrected chi connectivity index (χ2v) is 14.1. The normalized spacial score (nSPS) is 25.0. The van der Waals surface area contributed by atoms with E-state index in [1.54, 1.807) is 10.9 Å². The maximum atomic E-state index is 14.3. The Hall–Kier alpha value is -3.33. The van der Waals surface area contributed by atoms with Crippen molar-refractivity contribution in [2.24, 2.45) is 13.0 Å². The number of anilines is 1. The first-order valence-corrected chi connectivity index (χ1v) is 15.7. The van der Waals surface area contributed by atoms with Gasteiger partial charge < -0.3 is 14.6 Å². The molecule has 2 aromatic carbocycles. The molecule has 43 heavy (non-hydrogen) atoms. The molecule has 228 valence electrons. The molecule has 2 atom stereocenters. The Bertz CT molecular complexity index is 1540. The van der Waals surface area contributed by atoms with Crippen LogP contribution in [0.3, 0.4) is 0 Å². The molecule has 1 amide bonds. The third-order valence-electron chi connectivity index (χ3n) is 10.4. The van der Waals surface area contributed by atoms with Crippen LogP contribution < -0.4 is 10.1 Å². The minimum absolute atomic E-state index is 0.195. The van der Waals surface area contributed by atoms with Crippen LogP contribution in [0.5, 0.6) is 5.75 Å². The Kier molecular flexibility index (Phi) is 6.87. The number of hydrogen-bond donors (Lipinski definition) is 1. The van der Waals surface area contributed by atoms with Gasteiger partial charge in [-0.2, -0.15) is 0 Å². The number of aryl methyl sites for hydroxylation is 1. The molecule has 2 aliphatic carbocycles. The van der Waals surface area contributed by atoms with E-state index in [4.69, 9.17) is 4.74 Å². The van der Waals surface area contributed by atoms with Gasteiger partial charge in [0.1, 0.15) is 17.9 Å². The molecule has 3 aromatic rings. The van der Waals surface area contributed by atoms with Crippen LogP contribution in [0.2, 0.25) is 0 Å². The van der Waals surface area contributed by atoms with Crippen LogP contribution in [0.4, 0.5) is 14.5 Å². The first kappa shape index (κ1) is 28.4. The van der Waals surface area contributed by atoms with E-state index >= 15 is 0 Å². The highest BCUT2D eigenvalue weighted by Crippen LogP contribution is 2.55. The summed E-state index contributed by atoms with van der Waals surface area (Å²) in [5.74, 6) is -0.861. The predicted molar refractivity (Wildman–Crippen MR) is 161 cm³/mol. The SMILES string of the molecule is Cn1cnnc1CC1(c2cccc(NC(=O)c3cc(CN4CCC[C@@H]5CCC[C@@H]54)cc4c3OCC4(C)C)c2)CC(F)(F)C1. The van der Waals surface area contributed by atoms with E-state index in [-0.39, 0.29) is 24.2 Å². The van der Waals surface area contributed by atoms with Gasteiger partial charge in [-0.15, -0.1) is 10.2 Å². The van der Waals surface area contributed by atoms with E-state index in [0.29, 0.717) is 41.9 Å². The fourth-order valence-corrected chi connectivity index (χ4v) is 8.19. The Balaban J connectivity index is 1.17. The van der Waals surface area contributed by atoms with Crippen LogP contribution in [-0.2, 0) is 30.8 Å². The number of fused-ring (bicyclic) bond motifs is 2. The van der Waals surface area contributed by atoms with E-state index in [2.05, 4.69) is 40.3 Å². The van der Waals surface area contributed by atoms with E-state index < -0.39 is 11.3 Å². The summed E-state index contributed by atoms with van der Waals surface area (Å²) in [6, 6.07) is 12.2. The standard InChI is InChI=1S/C34H41F2N5O2/c1-32(2)20-43-30-26(13-22(14-27(30)32)17-41-12-6-8-23-7-4-11-28(23)41)31(42)38-25-10-5-9-24(15-25)33(18-34(35,36)19-33)16-29-39-37-21-40(29)3/h5,9-10,13-15,21,23,28H,4,6-8,11-12,16-20H2,1-3H3,(H,38,42)/t23-,28-/m0/s1. The Morgan fingerprint density at radius 1 is 1.12 bits per heavy atom. The third kappa shape index (κ3) is 5.23. The number of carbonyl (C=O) groups excluding carboxylic acids is 1. The fourth-order valence-electron chi connectivity index (χ4n) is 8.19. The predicted octanol–water partition coefficient (Wildman–Crippen LogP) is 6.41. The number of carbonyl (C=O) groups is 1. The molecule has 3 fully saturated rings. The van der Waals surface area contributed by atoms with E-state index in [0.717, 1.165) is 35.7 Å². The lowest BCUT2D eigenvalue weighted by Crippen LogP contribution is -2.51. The van der Waals surface area contributed by atoms with Crippen molar-refractivity contribution >= 4 is 11.6 Å². The molecule has 0 bridgehead atoms. The number of likely N-dealkylation sites (tertiary alicyclic amines) is 1. The van der Waals surface area contributed by atoms with Crippen molar-refractivity contribution in [3.05, 3.63) is 70.8 Å². The average Bonchev–Trinajstić information content (AvgIpc) is 3.67. The third-order valence-corrected chi connectivity index (χ3v) is 10.4. The maximum Gasteiger partial charge on any atom is 0.259 e. The molecule has 7 rings (SSSR count). The van der Waals surface area contributed by atoms with Gasteiger partial charge in [-0.3, -0.25) is 9.69 Å². The Labute approximate surface area is 252 Å². The first-order valence-electron chi connectivity index (χ1n) is 15.7. The molecule has 1 aromatic heterocycles. The van der Waals surface area contributed by atoms with Gasteiger partial charge in [0.15, 0.2) is 0 Å². The van der Waals surface area contributed by atoms with Gasteiger partial charge in [-0.25, -0.2) is 8.78 Å². The second-order valence-electron chi connectivity index (χ2n) is 14.1. The highest BCUT2D eigenvalue weighted by atomic mass is 19.3. The van der Waals surface area contributed by atoms with Gasteiger partial charge in [0.25, 0.3) is 5.91 Å². The number of hydrogen-bond acceptors (Lipinski definition) is 5. The van der Waals surface area contributed by atoms with Crippen molar-refractivity contribution in [3.8, 4) is 5.75 Å². The van der Waals surface area contributed by atoms with Gasteiger partial charge in [0.05, 0.1) is 12.2 Å². The summed E-state index contributed by atoms with van der Waals surface area (Å²) in [5, 5.41) is 11.2. The van der Waals surface area contributed by atoms with Crippen LogP contribution in [0.1, 0.15) is 91.7 Å². The average molecular weight is 590 g/mol. The molecular weight excluding hydrogens is 548 g/mol.